The van der Waals surface area contributed by atoms with Crippen LogP contribution in [0, 0.1) is 0 Å². The SMILES string of the molecule is CCOc1c(Br)cccc1CBr. The molecule has 1 aromatic carbocycles. The van der Waals surface area contributed by atoms with Crippen LogP contribution >= 0.6 is 31.9 Å². The van der Waals surface area contributed by atoms with Crippen molar-refractivity contribution in [1.82, 2.24) is 0 Å². The van der Waals surface area contributed by atoms with E-state index < -0.39 is 0 Å². The van der Waals surface area contributed by atoms with Crippen molar-refractivity contribution in [3.63, 3.8) is 0 Å². The molecule has 0 heterocycles. The molecule has 66 valence electrons. The van der Waals surface area contributed by atoms with Crippen LogP contribution in [0.5, 0.6) is 5.75 Å². The van der Waals surface area contributed by atoms with Gasteiger partial charge in [0.1, 0.15) is 5.75 Å². The van der Waals surface area contributed by atoms with E-state index in [9.17, 15) is 0 Å². The van der Waals surface area contributed by atoms with Crippen LogP contribution in [0.15, 0.2) is 22.7 Å². The third-order valence-corrected chi connectivity index (χ3v) is 2.71. The molecule has 1 rings (SSSR count). The molecule has 1 nitrogen and oxygen atoms in total. The molecule has 0 fully saturated rings. The average molecular weight is 294 g/mol. The predicted molar refractivity (Wildman–Crippen MR) is 57.9 cm³/mol. The third kappa shape index (κ3) is 2.23. The number of alkyl halides is 1. The Kier molecular flexibility index (Phi) is 4.09. The highest BCUT2D eigenvalue weighted by Crippen LogP contribution is 2.30. The van der Waals surface area contributed by atoms with Crippen LogP contribution in [0.4, 0.5) is 0 Å². The van der Waals surface area contributed by atoms with Crippen LogP contribution in [-0.4, -0.2) is 6.61 Å². The first-order valence-corrected chi connectivity index (χ1v) is 5.67. The van der Waals surface area contributed by atoms with E-state index in [-0.39, 0.29) is 0 Å². The first-order valence-electron chi connectivity index (χ1n) is 3.75. The van der Waals surface area contributed by atoms with Crippen molar-refractivity contribution >= 4 is 31.9 Å². The summed E-state index contributed by atoms with van der Waals surface area (Å²) in [7, 11) is 0. The molecule has 0 saturated carbocycles. The van der Waals surface area contributed by atoms with Gasteiger partial charge in [0, 0.05) is 10.9 Å². The molecular formula is C9H10Br2O. The minimum Gasteiger partial charge on any atom is -0.492 e. The Morgan fingerprint density at radius 2 is 2.17 bits per heavy atom. The number of ether oxygens (including phenoxy) is 1. The van der Waals surface area contributed by atoms with Crippen molar-refractivity contribution in [2.24, 2.45) is 0 Å². The van der Waals surface area contributed by atoms with Gasteiger partial charge in [-0.3, -0.25) is 0 Å². The van der Waals surface area contributed by atoms with Crippen LogP contribution in [0.1, 0.15) is 12.5 Å². The van der Waals surface area contributed by atoms with Gasteiger partial charge >= 0.3 is 0 Å². The van der Waals surface area contributed by atoms with Crippen molar-refractivity contribution < 1.29 is 4.74 Å². The summed E-state index contributed by atoms with van der Waals surface area (Å²) in [5, 5.41) is 0.821. The van der Waals surface area contributed by atoms with Gasteiger partial charge in [-0.05, 0) is 28.9 Å². The molecule has 0 N–H and O–H groups in total. The largest absolute Gasteiger partial charge is 0.492 e. The van der Waals surface area contributed by atoms with Crippen molar-refractivity contribution in [1.29, 1.82) is 0 Å². The predicted octanol–water partition coefficient (Wildman–Crippen LogP) is 3.74. The van der Waals surface area contributed by atoms with Crippen LogP contribution in [0.25, 0.3) is 0 Å². The Hall–Kier alpha value is -0.0200. The van der Waals surface area contributed by atoms with E-state index in [1.807, 2.05) is 25.1 Å². The zero-order valence-electron chi connectivity index (χ0n) is 6.81. The highest BCUT2D eigenvalue weighted by atomic mass is 79.9. The van der Waals surface area contributed by atoms with Crippen molar-refractivity contribution in [3.05, 3.63) is 28.2 Å². The van der Waals surface area contributed by atoms with E-state index in [2.05, 4.69) is 31.9 Å². The quantitative estimate of drug-likeness (QED) is 0.772. The molecule has 0 atom stereocenters. The first kappa shape index (κ1) is 10.1. The summed E-state index contributed by atoms with van der Waals surface area (Å²) in [5.41, 5.74) is 1.17. The molecule has 0 saturated heterocycles. The second-order valence-corrected chi connectivity index (χ2v) is 3.71. The summed E-state index contributed by atoms with van der Waals surface area (Å²) >= 11 is 6.85. The summed E-state index contributed by atoms with van der Waals surface area (Å²) in [6.45, 7) is 2.68. The highest BCUT2D eigenvalue weighted by Gasteiger charge is 2.05. The molecule has 0 amide bonds. The summed E-state index contributed by atoms with van der Waals surface area (Å²) in [4.78, 5) is 0. The summed E-state index contributed by atoms with van der Waals surface area (Å²) in [5.74, 6) is 0.942. The van der Waals surface area contributed by atoms with Gasteiger partial charge in [-0.25, -0.2) is 0 Å². The fraction of sp³-hybridized carbons (Fsp3) is 0.333. The van der Waals surface area contributed by atoms with E-state index in [4.69, 9.17) is 4.74 Å². The maximum absolute atomic E-state index is 5.48. The van der Waals surface area contributed by atoms with E-state index in [0.29, 0.717) is 6.61 Å². The Balaban J connectivity index is 3.02. The zero-order chi connectivity index (χ0) is 8.97. The van der Waals surface area contributed by atoms with Crippen LogP contribution in [-0.2, 0) is 5.33 Å². The van der Waals surface area contributed by atoms with Gasteiger partial charge in [0.15, 0.2) is 0 Å². The van der Waals surface area contributed by atoms with Gasteiger partial charge in [-0.1, -0.05) is 28.1 Å². The van der Waals surface area contributed by atoms with Crippen LogP contribution in [0.3, 0.4) is 0 Å². The topological polar surface area (TPSA) is 9.23 Å². The monoisotopic (exact) mass is 292 g/mol. The number of rotatable bonds is 3. The van der Waals surface area contributed by atoms with E-state index >= 15 is 0 Å². The van der Waals surface area contributed by atoms with Gasteiger partial charge in [-0.2, -0.15) is 0 Å². The molecule has 0 unspecified atom stereocenters. The maximum Gasteiger partial charge on any atom is 0.137 e. The smallest absolute Gasteiger partial charge is 0.137 e. The van der Waals surface area contributed by atoms with E-state index in [1.54, 1.807) is 0 Å². The fourth-order valence-corrected chi connectivity index (χ4v) is 1.93. The highest BCUT2D eigenvalue weighted by molar-refractivity contribution is 9.10. The van der Waals surface area contributed by atoms with Gasteiger partial charge in [0.2, 0.25) is 0 Å². The van der Waals surface area contributed by atoms with Gasteiger partial charge in [-0.15, -0.1) is 0 Å². The lowest BCUT2D eigenvalue weighted by molar-refractivity contribution is 0.335. The normalized spacial score (nSPS) is 9.92. The standard InChI is InChI=1S/C9H10Br2O/c1-2-12-9-7(6-10)4-3-5-8(9)11/h3-5H,2,6H2,1H3. The minimum absolute atomic E-state index is 0.697. The molecular weight excluding hydrogens is 284 g/mol. The molecule has 0 aliphatic rings. The lowest BCUT2D eigenvalue weighted by Crippen LogP contribution is -1.95. The molecule has 0 aliphatic carbocycles. The molecule has 0 bridgehead atoms. The Labute approximate surface area is 89.4 Å². The van der Waals surface area contributed by atoms with E-state index in [0.717, 1.165) is 15.6 Å². The first-order chi connectivity index (χ1) is 5.79. The van der Waals surface area contributed by atoms with Gasteiger partial charge in [0.25, 0.3) is 0 Å². The van der Waals surface area contributed by atoms with Crippen molar-refractivity contribution in [2.75, 3.05) is 6.61 Å². The van der Waals surface area contributed by atoms with Gasteiger partial charge in [0.05, 0.1) is 11.1 Å². The lowest BCUT2D eigenvalue weighted by atomic mass is 10.2. The summed E-state index contributed by atoms with van der Waals surface area (Å²) in [6, 6.07) is 6.03. The number of benzene rings is 1. The molecule has 0 spiro atoms. The van der Waals surface area contributed by atoms with Crippen LogP contribution < -0.4 is 4.74 Å². The Morgan fingerprint density at radius 3 is 2.75 bits per heavy atom. The number of para-hydroxylation sites is 1. The lowest BCUT2D eigenvalue weighted by Gasteiger charge is -2.09. The number of halogens is 2. The molecule has 3 heteroatoms. The second-order valence-electron chi connectivity index (χ2n) is 2.29. The minimum atomic E-state index is 0.697. The Morgan fingerprint density at radius 1 is 1.42 bits per heavy atom. The molecule has 0 aromatic heterocycles. The van der Waals surface area contributed by atoms with Gasteiger partial charge < -0.3 is 4.74 Å². The molecule has 0 radical (unpaired) electrons. The maximum atomic E-state index is 5.48. The second kappa shape index (κ2) is 4.87. The fourth-order valence-electron chi connectivity index (χ4n) is 0.965. The average Bonchev–Trinajstić information content (AvgIpc) is 2.09. The summed E-state index contributed by atoms with van der Waals surface area (Å²) in [6.07, 6.45) is 0. The van der Waals surface area contributed by atoms with Crippen molar-refractivity contribution in [3.8, 4) is 5.75 Å². The van der Waals surface area contributed by atoms with Crippen LogP contribution in [0.2, 0.25) is 0 Å². The van der Waals surface area contributed by atoms with E-state index in [1.165, 1.54) is 5.56 Å². The molecule has 12 heavy (non-hydrogen) atoms. The number of hydrogen-bond acceptors (Lipinski definition) is 1. The molecule has 0 aliphatic heterocycles. The molecule has 1 aromatic rings. The Bertz CT molecular complexity index is 261. The zero-order valence-corrected chi connectivity index (χ0v) is 9.98. The summed E-state index contributed by atoms with van der Waals surface area (Å²) < 4.78 is 6.50. The number of hydrogen-bond donors (Lipinski definition) is 0. The third-order valence-electron chi connectivity index (χ3n) is 1.48. The van der Waals surface area contributed by atoms with Crippen molar-refractivity contribution in [2.45, 2.75) is 12.3 Å².